The number of sulfone groups is 1. The maximum atomic E-state index is 12.8. The third kappa shape index (κ3) is 3.23. The fourth-order valence-corrected chi connectivity index (χ4v) is 3.12. The lowest BCUT2D eigenvalue weighted by Gasteiger charge is -2.05. The predicted molar refractivity (Wildman–Crippen MR) is 74.2 cm³/mol. The Morgan fingerprint density at radius 1 is 1.05 bits per heavy atom. The first-order valence-corrected chi connectivity index (χ1v) is 7.69. The average molecular weight is 313 g/mol. The van der Waals surface area contributed by atoms with Gasteiger partial charge in [0.2, 0.25) is 0 Å². The summed E-state index contributed by atoms with van der Waals surface area (Å²) in [7, 11) is -3.82. The van der Waals surface area contributed by atoms with Gasteiger partial charge in [0, 0.05) is 5.56 Å². The number of benzene rings is 2. The topological polar surface area (TPSA) is 51.2 Å². The maximum Gasteiger partial charge on any atom is 0.185 e. The molecule has 0 saturated heterocycles. The van der Waals surface area contributed by atoms with E-state index in [-0.39, 0.29) is 15.5 Å². The van der Waals surface area contributed by atoms with E-state index in [1.54, 1.807) is 12.1 Å². The summed E-state index contributed by atoms with van der Waals surface area (Å²) < 4.78 is 36.9. The molecule has 2 aromatic carbocycles. The van der Waals surface area contributed by atoms with Gasteiger partial charge in [-0.25, -0.2) is 12.8 Å². The zero-order chi connectivity index (χ0) is 14.8. The highest BCUT2D eigenvalue weighted by Gasteiger charge is 2.21. The van der Waals surface area contributed by atoms with Crippen molar-refractivity contribution in [2.75, 3.05) is 5.75 Å². The molecule has 104 valence electrons. The molecule has 2 aromatic rings. The van der Waals surface area contributed by atoms with E-state index in [1.807, 2.05) is 0 Å². The summed E-state index contributed by atoms with van der Waals surface area (Å²) in [6.45, 7) is 0. The molecule has 3 nitrogen and oxygen atoms in total. The van der Waals surface area contributed by atoms with Gasteiger partial charge in [0.1, 0.15) is 11.6 Å². The van der Waals surface area contributed by atoms with Crippen LogP contribution < -0.4 is 0 Å². The van der Waals surface area contributed by atoms with Crippen LogP contribution in [0.4, 0.5) is 4.39 Å². The van der Waals surface area contributed by atoms with Gasteiger partial charge in [-0.3, -0.25) is 4.79 Å². The molecule has 0 aliphatic heterocycles. The summed E-state index contributed by atoms with van der Waals surface area (Å²) in [5.41, 5.74) is 0.153. The molecule has 0 aliphatic rings. The summed E-state index contributed by atoms with van der Waals surface area (Å²) >= 11 is 5.85. The van der Waals surface area contributed by atoms with E-state index in [0.717, 1.165) is 24.3 Å². The van der Waals surface area contributed by atoms with E-state index in [4.69, 9.17) is 11.6 Å². The van der Waals surface area contributed by atoms with E-state index in [1.165, 1.54) is 12.1 Å². The van der Waals surface area contributed by atoms with Crippen molar-refractivity contribution in [3.8, 4) is 0 Å². The minimum atomic E-state index is -3.82. The number of halogens is 2. The Morgan fingerprint density at radius 2 is 1.65 bits per heavy atom. The molecule has 0 aliphatic carbocycles. The minimum absolute atomic E-state index is 0.0979. The van der Waals surface area contributed by atoms with Crippen molar-refractivity contribution in [3.05, 3.63) is 64.9 Å². The molecular formula is C14H10ClFO3S. The first kappa shape index (κ1) is 14.7. The highest BCUT2D eigenvalue weighted by Crippen LogP contribution is 2.18. The second kappa shape index (κ2) is 5.73. The Bertz CT molecular complexity index is 739. The number of hydrogen-bond donors (Lipinski definition) is 0. The largest absolute Gasteiger partial charge is 0.293 e. The SMILES string of the molecule is O=C(CS(=O)(=O)c1ccc(F)cc1)c1ccccc1Cl. The highest BCUT2D eigenvalue weighted by atomic mass is 35.5. The minimum Gasteiger partial charge on any atom is -0.293 e. The second-order valence-corrected chi connectivity index (χ2v) is 6.51. The van der Waals surface area contributed by atoms with Crippen molar-refractivity contribution in [3.63, 3.8) is 0 Å². The molecule has 0 heterocycles. The van der Waals surface area contributed by atoms with Crippen molar-refractivity contribution in [2.24, 2.45) is 0 Å². The maximum absolute atomic E-state index is 12.8. The van der Waals surface area contributed by atoms with Gasteiger partial charge in [0.25, 0.3) is 0 Å². The molecule has 2 rings (SSSR count). The van der Waals surface area contributed by atoms with E-state index < -0.39 is 27.2 Å². The van der Waals surface area contributed by atoms with E-state index >= 15 is 0 Å². The first-order valence-electron chi connectivity index (χ1n) is 5.66. The predicted octanol–water partition coefficient (Wildman–Crippen LogP) is 3.14. The van der Waals surface area contributed by atoms with Crippen LogP contribution in [0, 0.1) is 5.82 Å². The normalized spacial score (nSPS) is 11.3. The van der Waals surface area contributed by atoms with Gasteiger partial charge in [-0.15, -0.1) is 0 Å². The van der Waals surface area contributed by atoms with Crippen LogP contribution in [0.1, 0.15) is 10.4 Å². The van der Waals surface area contributed by atoms with E-state index in [0.29, 0.717) is 0 Å². The van der Waals surface area contributed by atoms with Gasteiger partial charge in [-0.05, 0) is 36.4 Å². The van der Waals surface area contributed by atoms with Crippen molar-refractivity contribution < 1.29 is 17.6 Å². The fourth-order valence-electron chi connectivity index (χ4n) is 1.66. The van der Waals surface area contributed by atoms with Crippen molar-refractivity contribution in [2.45, 2.75) is 4.90 Å². The fraction of sp³-hybridized carbons (Fsp3) is 0.0714. The number of carbonyl (C=O) groups is 1. The number of Topliss-reactive ketones (excluding diaryl/α,β-unsaturated/α-hetero) is 1. The van der Waals surface area contributed by atoms with Gasteiger partial charge < -0.3 is 0 Å². The van der Waals surface area contributed by atoms with Gasteiger partial charge in [0.15, 0.2) is 15.6 Å². The molecule has 0 amide bonds. The smallest absolute Gasteiger partial charge is 0.185 e. The molecule has 0 atom stereocenters. The summed E-state index contributed by atoms with van der Waals surface area (Å²) in [6, 6.07) is 10.6. The Balaban J connectivity index is 2.27. The van der Waals surface area contributed by atoms with Crippen LogP contribution in [0.3, 0.4) is 0 Å². The molecule has 0 bridgehead atoms. The standard InChI is InChI=1S/C14H10ClFO3S/c15-13-4-2-1-3-12(13)14(17)9-20(18,19)11-7-5-10(16)6-8-11/h1-8H,9H2. The molecule has 0 fully saturated rings. The molecule has 0 spiro atoms. The highest BCUT2D eigenvalue weighted by molar-refractivity contribution is 7.92. The number of carbonyl (C=O) groups excluding carboxylic acids is 1. The zero-order valence-electron chi connectivity index (χ0n) is 10.2. The molecule has 20 heavy (non-hydrogen) atoms. The second-order valence-electron chi connectivity index (χ2n) is 4.12. The molecule has 0 radical (unpaired) electrons. The molecule has 0 N–H and O–H groups in total. The van der Waals surface area contributed by atoms with Crippen molar-refractivity contribution in [1.29, 1.82) is 0 Å². The van der Waals surface area contributed by atoms with Crippen LogP contribution in [-0.2, 0) is 9.84 Å². The number of rotatable bonds is 4. The van der Waals surface area contributed by atoms with Crippen molar-refractivity contribution in [1.82, 2.24) is 0 Å². The quantitative estimate of drug-likeness (QED) is 0.644. The lowest BCUT2D eigenvalue weighted by molar-refractivity contribution is 0.102. The Labute approximate surface area is 120 Å². The molecular weight excluding hydrogens is 303 g/mol. The van der Waals surface area contributed by atoms with Crippen LogP contribution in [0.15, 0.2) is 53.4 Å². The Kier molecular flexibility index (Phi) is 4.20. The summed E-state index contributed by atoms with van der Waals surface area (Å²) in [4.78, 5) is 11.9. The van der Waals surface area contributed by atoms with Gasteiger partial charge in [-0.1, -0.05) is 23.7 Å². The van der Waals surface area contributed by atoms with Crippen LogP contribution >= 0.6 is 11.6 Å². The Hall–Kier alpha value is -1.72. The Morgan fingerprint density at radius 3 is 2.25 bits per heavy atom. The van der Waals surface area contributed by atoms with E-state index in [9.17, 15) is 17.6 Å². The van der Waals surface area contributed by atoms with Crippen molar-refractivity contribution >= 4 is 27.2 Å². The monoisotopic (exact) mass is 312 g/mol. The third-order valence-corrected chi connectivity index (χ3v) is 4.63. The van der Waals surface area contributed by atoms with E-state index in [2.05, 4.69) is 0 Å². The summed E-state index contributed by atoms with van der Waals surface area (Å²) in [6.07, 6.45) is 0. The lowest BCUT2D eigenvalue weighted by atomic mass is 10.1. The van der Waals surface area contributed by atoms with Gasteiger partial charge in [0.05, 0.1) is 9.92 Å². The van der Waals surface area contributed by atoms with Gasteiger partial charge >= 0.3 is 0 Å². The van der Waals surface area contributed by atoms with Gasteiger partial charge in [-0.2, -0.15) is 0 Å². The number of hydrogen-bond acceptors (Lipinski definition) is 3. The summed E-state index contributed by atoms with van der Waals surface area (Å²) in [5.74, 6) is -1.84. The summed E-state index contributed by atoms with van der Waals surface area (Å²) in [5, 5.41) is 0.201. The van der Waals surface area contributed by atoms with Crippen LogP contribution in [-0.4, -0.2) is 20.0 Å². The van der Waals surface area contributed by atoms with Crippen LogP contribution in [0.5, 0.6) is 0 Å². The zero-order valence-corrected chi connectivity index (χ0v) is 11.8. The molecule has 6 heteroatoms. The third-order valence-electron chi connectivity index (χ3n) is 2.67. The molecule has 0 unspecified atom stereocenters. The molecule has 0 aromatic heterocycles. The molecule has 0 saturated carbocycles. The lowest BCUT2D eigenvalue weighted by Crippen LogP contribution is -2.16. The average Bonchev–Trinajstić information content (AvgIpc) is 2.39. The first-order chi connectivity index (χ1) is 9.40. The number of ketones is 1. The van der Waals surface area contributed by atoms with Crippen LogP contribution in [0.2, 0.25) is 5.02 Å². The van der Waals surface area contributed by atoms with Crippen LogP contribution in [0.25, 0.3) is 0 Å².